The van der Waals surface area contributed by atoms with Crippen LogP contribution in [0.25, 0.3) is 0 Å². The Labute approximate surface area is 116 Å². The van der Waals surface area contributed by atoms with Gasteiger partial charge in [0.05, 0.1) is 12.1 Å². The zero-order valence-corrected chi connectivity index (χ0v) is 12.2. The molecule has 0 saturated heterocycles. The Kier molecular flexibility index (Phi) is 4.31. The monoisotopic (exact) mass is 301 g/mol. The molecule has 0 aliphatic heterocycles. The highest BCUT2D eigenvalue weighted by Gasteiger charge is 2.12. The van der Waals surface area contributed by atoms with Crippen LogP contribution in [0.1, 0.15) is 30.5 Å². The fourth-order valence-corrected chi connectivity index (χ4v) is 4.05. The highest BCUT2D eigenvalue weighted by molar-refractivity contribution is 8.02. The van der Waals surface area contributed by atoms with Crippen molar-refractivity contribution in [2.75, 3.05) is 0 Å². The standard InChI is InChI=1S/C10H11N3O2S3/c1-5(2)8-12-13-10(17-8)18-9-11-6(4-16-9)3-7(14)15/h4-5H,3H2,1-2H3,(H,14,15). The molecule has 1 N–H and O–H groups in total. The summed E-state index contributed by atoms with van der Waals surface area (Å²) in [6.07, 6.45) is -0.0373. The van der Waals surface area contributed by atoms with Crippen molar-refractivity contribution in [3.05, 3.63) is 16.1 Å². The van der Waals surface area contributed by atoms with Crippen molar-refractivity contribution in [1.82, 2.24) is 15.2 Å². The molecule has 0 radical (unpaired) electrons. The molecular weight excluding hydrogens is 290 g/mol. The van der Waals surface area contributed by atoms with Gasteiger partial charge in [0.15, 0.2) is 8.68 Å². The van der Waals surface area contributed by atoms with Crippen LogP contribution in [0.5, 0.6) is 0 Å². The average molecular weight is 301 g/mol. The number of hydrogen-bond donors (Lipinski definition) is 1. The Hall–Kier alpha value is -0.990. The molecule has 2 heterocycles. The summed E-state index contributed by atoms with van der Waals surface area (Å²) in [7, 11) is 0. The fraction of sp³-hybridized carbons (Fsp3) is 0.400. The van der Waals surface area contributed by atoms with E-state index in [9.17, 15) is 4.79 Å². The number of aliphatic carboxylic acids is 1. The van der Waals surface area contributed by atoms with Crippen molar-refractivity contribution in [3.8, 4) is 0 Å². The van der Waals surface area contributed by atoms with Crippen molar-refractivity contribution < 1.29 is 9.90 Å². The Balaban J connectivity index is 2.04. The van der Waals surface area contributed by atoms with Crippen LogP contribution < -0.4 is 0 Å². The van der Waals surface area contributed by atoms with Crippen molar-refractivity contribution in [2.45, 2.75) is 34.9 Å². The van der Waals surface area contributed by atoms with Gasteiger partial charge in [0, 0.05) is 11.3 Å². The number of carbonyl (C=O) groups is 1. The van der Waals surface area contributed by atoms with E-state index in [1.807, 2.05) is 0 Å². The first-order chi connectivity index (χ1) is 8.54. The summed E-state index contributed by atoms with van der Waals surface area (Å²) in [5.41, 5.74) is 0.587. The van der Waals surface area contributed by atoms with E-state index >= 15 is 0 Å². The highest BCUT2D eigenvalue weighted by atomic mass is 32.2. The predicted octanol–water partition coefficient (Wildman–Crippen LogP) is 2.90. The largest absolute Gasteiger partial charge is 0.481 e. The number of hydrogen-bond acceptors (Lipinski definition) is 7. The minimum absolute atomic E-state index is 0.0373. The molecule has 0 aromatic carbocycles. The molecule has 2 rings (SSSR count). The Morgan fingerprint density at radius 1 is 1.44 bits per heavy atom. The third-order valence-corrected chi connectivity index (χ3v) is 5.22. The van der Waals surface area contributed by atoms with Gasteiger partial charge < -0.3 is 5.11 Å². The van der Waals surface area contributed by atoms with Gasteiger partial charge in [0.25, 0.3) is 0 Å². The molecule has 0 amide bonds. The second-order valence-electron chi connectivity index (χ2n) is 3.84. The smallest absolute Gasteiger partial charge is 0.309 e. The topological polar surface area (TPSA) is 76.0 Å². The van der Waals surface area contributed by atoms with Crippen LogP contribution in [0, 0.1) is 0 Å². The van der Waals surface area contributed by atoms with E-state index in [1.54, 1.807) is 16.7 Å². The maximum Gasteiger partial charge on any atom is 0.309 e. The molecule has 8 heteroatoms. The molecule has 0 fully saturated rings. The molecule has 2 aromatic rings. The number of carboxylic acid groups (broad SMARTS) is 1. The number of thiazole rings is 1. The van der Waals surface area contributed by atoms with E-state index in [1.165, 1.54) is 23.1 Å². The van der Waals surface area contributed by atoms with Crippen molar-refractivity contribution >= 4 is 40.4 Å². The first kappa shape index (κ1) is 13.4. The van der Waals surface area contributed by atoms with Gasteiger partial charge in [-0.3, -0.25) is 4.79 Å². The Bertz CT molecular complexity index is 550. The summed E-state index contributed by atoms with van der Waals surface area (Å²) in [5.74, 6) is -0.495. The van der Waals surface area contributed by atoms with Gasteiger partial charge in [-0.05, 0) is 11.8 Å². The molecule has 0 bridgehead atoms. The lowest BCUT2D eigenvalue weighted by molar-refractivity contribution is -0.136. The van der Waals surface area contributed by atoms with Gasteiger partial charge in [0.2, 0.25) is 0 Å². The molecule has 0 saturated carbocycles. The van der Waals surface area contributed by atoms with Crippen molar-refractivity contribution in [3.63, 3.8) is 0 Å². The Morgan fingerprint density at radius 2 is 2.22 bits per heavy atom. The van der Waals surface area contributed by atoms with Gasteiger partial charge in [0.1, 0.15) is 5.01 Å². The molecule has 96 valence electrons. The zero-order chi connectivity index (χ0) is 13.1. The van der Waals surface area contributed by atoms with Crippen LogP contribution in [0.3, 0.4) is 0 Å². The molecule has 0 unspecified atom stereocenters. The van der Waals surface area contributed by atoms with Gasteiger partial charge in [-0.25, -0.2) is 4.98 Å². The van der Waals surface area contributed by atoms with Crippen molar-refractivity contribution in [2.24, 2.45) is 0 Å². The Morgan fingerprint density at radius 3 is 2.83 bits per heavy atom. The van der Waals surface area contributed by atoms with Crippen LogP contribution in [0.4, 0.5) is 0 Å². The molecule has 5 nitrogen and oxygen atoms in total. The van der Waals surface area contributed by atoms with E-state index in [0.29, 0.717) is 11.6 Å². The van der Waals surface area contributed by atoms with Gasteiger partial charge in [-0.1, -0.05) is 25.2 Å². The average Bonchev–Trinajstić information content (AvgIpc) is 2.88. The minimum atomic E-state index is -0.866. The molecule has 0 atom stereocenters. The predicted molar refractivity (Wildman–Crippen MR) is 71.6 cm³/mol. The van der Waals surface area contributed by atoms with Gasteiger partial charge >= 0.3 is 5.97 Å². The normalized spacial score (nSPS) is 11.1. The minimum Gasteiger partial charge on any atom is -0.481 e. The third kappa shape index (κ3) is 3.50. The van der Waals surface area contributed by atoms with Gasteiger partial charge in [-0.15, -0.1) is 21.5 Å². The maximum absolute atomic E-state index is 10.6. The number of carboxylic acids is 1. The molecular formula is C10H11N3O2S3. The molecule has 0 spiro atoms. The molecule has 0 aliphatic carbocycles. The lowest BCUT2D eigenvalue weighted by Gasteiger charge is -1.93. The number of nitrogens with zero attached hydrogens (tertiary/aromatic N) is 3. The SMILES string of the molecule is CC(C)c1nnc(Sc2nc(CC(=O)O)cs2)s1. The maximum atomic E-state index is 10.6. The fourth-order valence-electron chi connectivity index (χ4n) is 1.14. The number of aromatic nitrogens is 3. The van der Waals surface area contributed by atoms with E-state index in [-0.39, 0.29) is 6.42 Å². The van der Waals surface area contributed by atoms with E-state index in [0.717, 1.165) is 13.7 Å². The van der Waals surface area contributed by atoms with Crippen molar-refractivity contribution in [1.29, 1.82) is 0 Å². The second-order valence-corrected chi connectivity index (χ2v) is 7.20. The summed E-state index contributed by atoms with van der Waals surface area (Å²) >= 11 is 4.41. The summed E-state index contributed by atoms with van der Waals surface area (Å²) < 4.78 is 1.65. The summed E-state index contributed by atoms with van der Waals surface area (Å²) in [4.78, 5) is 14.8. The van der Waals surface area contributed by atoms with E-state index in [2.05, 4.69) is 29.0 Å². The quantitative estimate of drug-likeness (QED) is 0.915. The summed E-state index contributed by atoms with van der Waals surface area (Å²) in [6.45, 7) is 4.15. The number of rotatable bonds is 5. The van der Waals surface area contributed by atoms with E-state index in [4.69, 9.17) is 5.11 Å². The van der Waals surface area contributed by atoms with Gasteiger partial charge in [-0.2, -0.15) is 0 Å². The lowest BCUT2D eigenvalue weighted by Crippen LogP contribution is -1.99. The molecule has 2 aromatic heterocycles. The molecule has 0 aliphatic rings. The highest BCUT2D eigenvalue weighted by Crippen LogP contribution is 2.33. The lowest BCUT2D eigenvalue weighted by atomic mass is 10.2. The van der Waals surface area contributed by atoms with Crippen LogP contribution >= 0.6 is 34.4 Å². The van der Waals surface area contributed by atoms with Crippen LogP contribution in [-0.4, -0.2) is 26.3 Å². The first-order valence-electron chi connectivity index (χ1n) is 5.22. The van der Waals surface area contributed by atoms with Crippen LogP contribution in [0.15, 0.2) is 14.1 Å². The second kappa shape index (κ2) is 5.77. The summed E-state index contributed by atoms with van der Waals surface area (Å²) in [6, 6.07) is 0. The van der Waals surface area contributed by atoms with Crippen LogP contribution in [-0.2, 0) is 11.2 Å². The first-order valence-corrected chi connectivity index (χ1v) is 7.73. The zero-order valence-electron chi connectivity index (χ0n) is 9.78. The summed E-state index contributed by atoms with van der Waals surface area (Å²) in [5, 5.41) is 19.6. The van der Waals surface area contributed by atoms with Crippen LogP contribution in [0.2, 0.25) is 0 Å². The van der Waals surface area contributed by atoms with E-state index < -0.39 is 5.97 Å². The third-order valence-electron chi connectivity index (χ3n) is 1.95. The molecule has 18 heavy (non-hydrogen) atoms.